The molecule has 100 valence electrons. The molecule has 0 aliphatic heterocycles. The molecule has 0 bridgehead atoms. The summed E-state index contributed by atoms with van der Waals surface area (Å²) in [6, 6.07) is 8.75. The summed E-state index contributed by atoms with van der Waals surface area (Å²) in [6.45, 7) is 0. The Morgan fingerprint density at radius 1 is 1.30 bits per heavy atom. The van der Waals surface area contributed by atoms with E-state index in [1.54, 1.807) is 18.2 Å². The Balaban J connectivity index is 2.23. The summed E-state index contributed by atoms with van der Waals surface area (Å²) in [6.07, 6.45) is 0. The number of halogens is 2. The smallest absolute Gasteiger partial charge is 0.336 e. The number of fused-ring (bicyclic) bond motifs is 1. The zero-order valence-corrected chi connectivity index (χ0v) is 10.7. The second kappa shape index (κ2) is 4.61. The van der Waals surface area contributed by atoms with Crippen LogP contribution in [-0.4, -0.2) is 16.1 Å². The van der Waals surface area contributed by atoms with Gasteiger partial charge in [0.1, 0.15) is 11.3 Å². The molecule has 0 spiro atoms. The normalized spacial score (nSPS) is 10.9. The van der Waals surface area contributed by atoms with Crippen molar-refractivity contribution >= 4 is 28.7 Å². The fraction of sp³-hybridized carbons (Fsp3) is 0. The third-order valence-electron chi connectivity index (χ3n) is 2.82. The zero-order valence-electron chi connectivity index (χ0n) is 9.93. The standard InChI is InChI=1S/C14H7ClFNO3/c15-9-5-11-12(6-10(9)16)20-13(17-11)7-3-1-2-4-8(7)14(18)19/h1-6H,(H,18,19). The molecule has 2 aromatic carbocycles. The van der Waals surface area contributed by atoms with Crippen LogP contribution in [0.2, 0.25) is 5.02 Å². The minimum Gasteiger partial charge on any atom is -0.478 e. The van der Waals surface area contributed by atoms with Crippen LogP contribution >= 0.6 is 11.6 Å². The second-order valence-electron chi connectivity index (χ2n) is 4.10. The number of hydrogen-bond donors (Lipinski definition) is 1. The van der Waals surface area contributed by atoms with Crippen molar-refractivity contribution in [2.75, 3.05) is 0 Å². The van der Waals surface area contributed by atoms with Gasteiger partial charge in [0, 0.05) is 6.07 Å². The number of aromatic nitrogens is 1. The lowest BCUT2D eigenvalue weighted by Gasteiger charge is -2.00. The van der Waals surface area contributed by atoms with Crippen molar-refractivity contribution in [3.63, 3.8) is 0 Å². The first-order chi connectivity index (χ1) is 9.56. The highest BCUT2D eigenvalue weighted by Gasteiger charge is 2.17. The van der Waals surface area contributed by atoms with E-state index in [0.29, 0.717) is 11.1 Å². The van der Waals surface area contributed by atoms with E-state index in [0.717, 1.165) is 6.07 Å². The van der Waals surface area contributed by atoms with Gasteiger partial charge in [-0.1, -0.05) is 23.7 Å². The number of oxazole rings is 1. The first kappa shape index (κ1) is 12.6. The van der Waals surface area contributed by atoms with E-state index >= 15 is 0 Å². The van der Waals surface area contributed by atoms with Crippen molar-refractivity contribution < 1.29 is 18.7 Å². The molecule has 0 aliphatic rings. The fourth-order valence-corrected chi connectivity index (χ4v) is 2.05. The molecule has 4 nitrogen and oxygen atoms in total. The van der Waals surface area contributed by atoms with E-state index in [1.165, 1.54) is 12.1 Å². The first-order valence-corrected chi connectivity index (χ1v) is 6.02. The summed E-state index contributed by atoms with van der Waals surface area (Å²) in [5.74, 6) is -1.60. The van der Waals surface area contributed by atoms with Gasteiger partial charge < -0.3 is 9.52 Å². The van der Waals surface area contributed by atoms with Crippen LogP contribution in [0.15, 0.2) is 40.8 Å². The van der Waals surface area contributed by atoms with Crippen molar-refractivity contribution in [1.82, 2.24) is 4.98 Å². The summed E-state index contributed by atoms with van der Waals surface area (Å²) in [5.41, 5.74) is 0.965. The summed E-state index contributed by atoms with van der Waals surface area (Å²) >= 11 is 5.67. The fourth-order valence-electron chi connectivity index (χ4n) is 1.89. The Kier molecular flexibility index (Phi) is 2.91. The molecule has 3 rings (SSSR count). The van der Waals surface area contributed by atoms with Gasteiger partial charge in [0.2, 0.25) is 5.89 Å². The maximum atomic E-state index is 13.4. The number of benzene rings is 2. The predicted molar refractivity (Wildman–Crippen MR) is 71.4 cm³/mol. The number of carboxylic acid groups (broad SMARTS) is 1. The lowest BCUT2D eigenvalue weighted by atomic mass is 10.1. The molecule has 0 unspecified atom stereocenters. The van der Waals surface area contributed by atoms with Gasteiger partial charge in [0.05, 0.1) is 16.1 Å². The predicted octanol–water partition coefficient (Wildman–Crippen LogP) is 3.99. The van der Waals surface area contributed by atoms with E-state index in [4.69, 9.17) is 21.1 Å². The number of aromatic carboxylic acids is 1. The number of hydrogen-bond acceptors (Lipinski definition) is 3. The van der Waals surface area contributed by atoms with E-state index in [-0.39, 0.29) is 22.1 Å². The molecular weight excluding hydrogens is 285 g/mol. The van der Waals surface area contributed by atoms with Gasteiger partial charge in [0.25, 0.3) is 0 Å². The van der Waals surface area contributed by atoms with Gasteiger partial charge in [0.15, 0.2) is 5.58 Å². The van der Waals surface area contributed by atoms with Crippen LogP contribution in [0.4, 0.5) is 4.39 Å². The molecule has 1 heterocycles. The summed E-state index contributed by atoms with van der Waals surface area (Å²) in [4.78, 5) is 15.3. The average Bonchev–Trinajstić information content (AvgIpc) is 2.82. The maximum Gasteiger partial charge on any atom is 0.336 e. The van der Waals surface area contributed by atoms with Crippen molar-refractivity contribution in [3.8, 4) is 11.5 Å². The number of rotatable bonds is 2. The minimum atomic E-state index is -1.09. The highest BCUT2D eigenvalue weighted by atomic mass is 35.5. The largest absolute Gasteiger partial charge is 0.478 e. The third kappa shape index (κ3) is 2.02. The van der Waals surface area contributed by atoms with Gasteiger partial charge in [-0.3, -0.25) is 0 Å². The maximum absolute atomic E-state index is 13.4. The van der Waals surface area contributed by atoms with Crippen LogP contribution in [0, 0.1) is 5.82 Å². The van der Waals surface area contributed by atoms with E-state index in [2.05, 4.69) is 4.98 Å². The summed E-state index contributed by atoms with van der Waals surface area (Å²) in [5, 5.41) is 9.07. The molecule has 6 heteroatoms. The van der Waals surface area contributed by atoms with Crippen LogP contribution in [0.3, 0.4) is 0 Å². The zero-order chi connectivity index (χ0) is 14.3. The Labute approximate surface area is 117 Å². The molecule has 20 heavy (non-hydrogen) atoms. The van der Waals surface area contributed by atoms with Crippen LogP contribution in [0.5, 0.6) is 0 Å². The monoisotopic (exact) mass is 291 g/mol. The van der Waals surface area contributed by atoms with Crippen molar-refractivity contribution in [1.29, 1.82) is 0 Å². The Hall–Kier alpha value is -2.40. The van der Waals surface area contributed by atoms with Gasteiger partial charge in [-0.05, 0) is 18.2 Å². The number of nitrogens with zero attached hydrogens (tertiary/aromatic N) is 1. The van der Waals surface area contributed by atoms with Crippen LogP contribution in [-0.2, 0) is 0 Å². The topological polar surface area (TPSA) is 63.3 Å². The van der Waals surface area contributed by atoms with Crippen LogP contribution in [0.1, 0.15) is 10.4 Å². The quantitative estimate of drug-likeness (QED) is 0.775. The number of carboxylic acids is 1. The second-order valence-corrected chi connectivity index (χ2v) is 4.51. The van der Waals surface area contributed by atoms with Gasteiger partial charge >= 0.3 is 5.97 Å². The van der Waals surface area contributed by atoms with Crippen LogP contribution in [0.25, 0.3) is 22.6 Å². The summed E-state index contributed by atoms with van der Waals surface area (Å²) in [7, 11) is 0. The van der Waals surface area contributed by atoms with Crippen molar-refractivity contribution in [2.24, 2.45) is 0 Å². The van der Waals surface area contributed by atoms with E-state index < -0.39 is 11.8 Å². The van der Waals surface area contributed by atoms with Gasteiger partial charge in [-0.25, -0.2) is 14.2 Å². The number of carbonyl (C=O) groups is 1. The molecule has 0 atom stereocenters. The van der Waals surface area contributed by atoms with E-state index in [1.807, 2.05) is 0 Å². The molecular formula is C14H7ClFNO3. The van der Waals surface area contributed by atoms with Crippen molar-refractivity contribution in [2.45, 2.75) is 0 Å². The lowest BCUT2D eigenvalue weighted by molar-refractivity contribution is 0.0697. The Morgan fingerprint density at radius 3 is 2.80 bits per heavy atom. The van der Waals surface area contributed by atoms with Gasteiger partial charge in [-0.2, -0.15) is 0 Å². The molecule has 1 N–H and O–H groups in total. The molecule has 0 fully saturated rings. The molecule has 0 saturated heterocycles. The minimum absolute atomic E-state index is 0.0608. The first-order valence-electron chi connectivity index (χ1n) is 5.64. The highest BCUT2D eigenvalue weighted by Crippen LogP contribution is 2.29. The molecule has 0 amide bonds. The average molecular weight is 292 g/mol. The highest BCUT2D eigenvalue weighted by molar-refractivity contribution is 6.31. The molecule has 0 saturated carbocycles. The van der Waals surface area contributed by atoms with Crippen molar-refractivity contribution in [3.05, 3.63) is 52.8 Å². The Morgan fingerprint density at radius 2 is 2.05 bits per heavy atom. The van der Waals surface area contributed by atoms with Crippen LogP contribution < -0.4 is 0 Å². The van der Waals surface area contributed by atoms with Gasteiger partial charge in [-0.15, -0.1) is 0 Å². The van der Waals surface area contributed by atoms with E-state index in [9.17, 15) is 9.18 Å². The third-order valence-corrected chi connectivity index (χ3v) is 3.11. The summed E-state index contributed by atoms with van der Waals surface area (Å²) < 4.78 is 18.8. The molecule has 3 aromatic rings. The molecule has 0 radical (unpaired) electrons. The molecule has 0 aliphatic carbocycles. The molecule has 1 aromatic heterocycles. The SMILES string of the molecule is O=C(O)c1ccccc1-c1nc2cc(Cl)c(F)cc2o1. The lowest BCUT2D eigenvalue weighted by Crippen LogP contribution is -1.98. The Bertz CT molecular complexity index is 789.